The Balaban J connectivity index is 1.75. The van der Waals surface area contributed by atoms with Crippen LogP contribution in [0.1, 0.15) is 28.2 Å². The van der Waals surface area contributed by atoms with Crippen molar-refractivity contribution in [1.82, 2.24) is 0 Å². The van der Waals surface area contributed by atoms with Crippen molar-refractivity contribution in [2.45, 2.75) is 19.4 Å². The number of halogens is 2. The lowest BCUT2D eigenvalue weighted by Crippen LogP contribution is -2.14. The molecule has 0 spiro atoms. The van der Waals surface area contributed by atoms with Crippen LogP contribution in [-0.2, 0) is 11.3 Å². The predicted octanol–water partition coefficient (Wildman–Crippen LogP) is 6.71. The number of amides is 1. The zero-order valence-electron chi connectivity index (χ0n) is 15.7. The molecule has 0 unspecified atom stereocenters. The Morgan fingerprint density at radius 2 is 1.79 bits per heavy atom. The Morgan fingerprint density at radius 3 is 2.45 bits per heavy atom. The summed E-state index contributed by atoms with van der Waals surface area (Å²) in [7, 11) is 0. The van der Waals surface area contributed by atoms with Gasteiger partial charge in [0.25, 0.3) is 0 Å². The molecule has 3 aromatic carbocycles. The van der Waals surface area contributed by atoms with Crippen LogP contribution in [0, 0.1) is 18.3 Å². The second-order valence-corrected chi connectivity index (χ2v) is 7.33. The van der Waals surface area contributed by atoms with E-state index in [-0.39, 0.29) is 6.61 Å². The van der Waals surface area contributed by atoms with Gasteiger partial charge in [-0.3, -0.25) is 5.32 Å². The molecule has 0 heterocycles. The lowest BCUT2D eigenvalue weighted by atomic mass is 9.91. The molecule has 0 aromatic heterocycles. The minimum atomic E-state index is -0.574. The van der Waals surface area contributed by atoms with Gasteiger partial charge in [0.1, 0.15) is 6.61 Å². The number of nitriles is 1. The number of ether oxygens (including phenoxy) is 1. The summed E-state index contributed by atoms with van der Waals surface area (Å²) in [5.41, 5.74) is 3.66. The standard InChI is InChI=1S/C23H18Cl2N2O2/c1-15-11-19(20(13-26)17-7-9-18(24)10-8-17)21(25)12-22(15)27-23(28)29-14-16-5-3-2-4-6-16/h2-12,20H,14H2,1H3,(H,27,28)/t20-/m1/s1. The fourth-order valence-electron chi connectivity index (χ4n) is 2.91. The highest BCUT2D eigenvalue weighted by molar-refractivity contribution is 6.32. The van der Waals surface area contributed by atoms with Crippen molar-refractivity contribution < 1.29 is 9.53 Å². The van der Waals surface area contributed by atoms with Gasteiger partial charge in [-0.05, 0) is 47.4 Å². The number of aryl methyl sites for hydroxylation is 1. The van der Waals surface area contributed by atoms with Crippen LogP contribution in [0.5, 0.6) is 0 Å². The van der Waals surface area contributed by atoms with Crippen LogP contribution in [0.3, 0.4) is 0 Å². The summed E-state index contributed by atoms with van der Waals surface area (Å²) in [4.78, 5) is 12.1. The van der Waals surface area contributed by atoms with E-state index in [0.29, 0.717) is 21.3 Å². The van der Waals surface area contributed by atoms with E-state index in [9.17, 15) is 10.1 Å². The van der Waals surface area contributed by atoms with Crippen molar-refractivity contribution in [3.63, 3.8) is 0 Å². The second kappa shape index (κ2) is 9.47. The molecule has 29 heavy (non-hydrogen) atoms. The SMILES string of the molecule is Cc1cc([C@H](C#N)c2ccc(Cl)cc2)c(Cl)cc1NC(=O)OCc1ccccc1. The minimum Gasteiger partial charge on any atom is -0.444 e. The predicted molar refractivity (Wildman–Crippen MR) is 115 cm³/mol. The van der Waals surface area contributed by atoms with Gasteiger partial charge in [-0.2, -0.15) is 5.26 Å². The molecule has 1 amide bonds. The molecule has 4 nitrogen and oxygen atoms in total. The molecule has 6 heteroatoms. The van der Waals surface area contributed by atoms with E-state index in [4.69, 9.17) is 27.9 Å². The molecule has 1 atom stereocenters. The third-order valence-electron chi connectivity index (χ3n) is 4.44. The van der Waals surface area contributed by atoms with E-state index >= 15 is 0 Å². The van der Waals surface area contributed by atoms with Gasteiger partial charge in [0, 0.05) is 15.7 Å². The molecule has 0 aliphatic carbocycles. The fraction of sp³-hybridized carbons (Fsp3) is 0.130. The number of hydrogen-bond acceptors (Lipinski definition) is 3. The lowest BCUT2D eigenvalue weighted by molar-refractivity contribution is 0.155. The number of rotatable bonds is 5. The second-order valence-electron chi connectivity index (χ2n) is 6.49. The Morgan fingerprint density at radius 1 is 1.10 bits per heavy atom. The van der Waals surface area contributed by atoms with Crippen molar-refractivity contribution in [3.05, 3.63) is 99.0 Å². The number of benzene rings is 3. The Labute approximate surface area is 179 Å². The Bertz CT molecular complexity index is 1040. The quantitative estimate of drug-likeness (QED) is 0.494. The van der Waals surface area contributed by atoms with Crippen molar-refractivity contribution in [2.24, 2.45) is 0 Å². The van der Waals surface area contributed by atoms with Crippen LogP contribution in [0.4, 0.5) is 10.5 Å². The maximum atomic E-state index is 12.1. The smallest absolute Gasteiger partial charge is 0.411 e. The topological polar surface area (TPSA) is 62.1 Å². The van der Waals surface area contributed by atoms with Gasteiger partial charge in [0.05, 0.1) is 12.0 Å². The first-order valence-electron chi connectivity index (χ1n) is 8.90. The maximum absolute atomic E-state index is 12.1. The van der Waals surface area contributed by atoms with E-state index in [1.54, 1.807) is 36.4 Å². The summed E-state index contributed by atoms with van der Waals surface area (Å²) in [6.07, 6.45) is -0.574. The van der Waals surface area contributed by atoms with Crippen LogP contribution in [0.15, 0.2) is 66.7 Å². The average Bonchev–Trinajstić information content (AvgIpc) is 2.72. The van der Waals surface area contributed by atoms with Gasteiger partial charge < -0.3 is 4.74 Å². The maximum Gasteiger partial charge on any atom is 0.411 e. The van der Waals surface area contributed by atoms with Crippen LogP contribution < -0.4 is 5.32 Å². The van der Waals surface area contributed by atoms with Crippen LogP contribution in [0.25, 0.3) is 0 Å². The van der Waals surface area contributed by atoms with Crippen molar-refractivity contribution >= 4 is 35.0 Å². The van der Waals surface area contributed by atoms with Crippen molar-refractivity contribution in [3.8, 4) is 6.07 Å². The Kier molecular flexibility index (Phi) is 6.77. The highest BCUT2D eigenvalue weighted by Gasteiger charge is 2.19. The number of carbonyl (C=O) groups is 1. The van der Waals surface area contributed by atoms with Gasteiger partial charge in [-0.15, -0.1) is 0 Å². The van der Waals surface area contributed by atoms with Crippen LogP contribution in [0.2, 0.25) is 10.0 Å². The number of hydrogen-bond donors (Lipinski definition) is 1. The minimum absolute atomic E-state index is 0.171. The fourth-order valence-corrected chi connectivity index (χ4v) is 3.31. The zero-order valence-corrected chi connectivity index (χ0v) is 17.2. The molecule has 1 N–H and O–H groups in total. The number of nitrogens with one attached hydrogen (secondary N) is 1. The molecule has 0 saturated heterocycles. The monoisotopic (exact) mass is 424 g/mol. The molecule has 3 rings (SSSR count). The van der Waals surface area contributed by atoms with E-state index in [1.165, 1.54) is 0 Å². The van der Waals surface area contributed by atoms with Gasteiger partial charge in [-0.25, -0.2) is 4.79 Å². The van der Waals surface area contributed by atoms with Crippen LogP contribution >= 0.6 is 23.2 Å². The average molecular weight is 425 g/mol. The summed E-state index contributed by atoms with van der Waals surface area (Å²) >= 11 is 12.4. The molecule has 0 aliphatic rings. The van der Waals surface area contributed by atoms with Gasteiger partial charge in [-0.1, -0.05) is 71.7 Å². The summed E-state index contributed by atoms with van der Waals surface area (Å²) in [6, 6.07) is 22.2. The van der Waals surface area contributed by atoms with Crippen molar-refractivity contribution in [2.75, 3.05) is 5.32 Å². The zero-order chi connectivity index (χ0) is 20.8. The highest BCUT2D eigenvalue weighted by atomic mass is 35.5. The number of nitrogens with zero attached hydrogens (tertiary/aromatic N) is 1. The highest BCUT2D eigenvalue weighted by Crippen LogP contribution is 2.34. The third-order valence-corrected chi connectivity index (χ3v) is 5.02. The summed E-state index contributed by atoms with van der Waals surface area (Å²) in [6.45, 7) is 2.01. The molecule has 0 saturated carbocycles. The summed E-state index contributed by atoms with van der Waals surface area (Å²) < 4.78 is 5.25. The summed E-state index contributed by atoms with van der Waals surface area (Å²) in [5.74, 6) is -0.544. The molecule has 0 aliphatic heterocycles. The lowest BCUT2D eigenvalue weighted by Gasteiger charge is -2.16. The molecule has 0 bridgehead atoms. The first-order chi connectivity index (χ1) is 14.0. The largest absolute Gasteiger partial charge is 0.444 e. The van der Waals surface area contributed by atoms with E-state index in [2.05, 4.69) is 11.4 Å². The third kappa shape index (κ3) is 5.29. The molecule has 0 radical (unpaired) electrons. The Hall–Kier alpha value is -3.00. The van der Waals surface area contributed by atoms with E-state index < -0.39 is 12.0 Å². The molecular weight excluding hydrogens is 407 g/mol. The first-order valence-corrected chi connectivity index (χ1v) is 9.66. The van der Waals surface area contributed by atoms with Crippen molar-refractivity contribution in [1.29, 1.82) is 5.26 Å². The van der Waals surface area contributed by atoms with Crippen LogP contribution in [-0.4, -0.2) is 6.09 Å². The molecule has 146 valence electrons. The van der Waals surface area contributed by atoms with E-state index in [1.807, 2.05) is 37.3 Å². The van der Waals surface area contributed by atoms with E-state index in [0.717, 1.165) is 16.7 Å². The van der Waals surface area contributed by atoms with Gasteiger partial charge in [0.2, 0.25) is 0 Å². The normalized spacial score (nSPS) is 11.4. The van der Waals surface area contributed by atoms with Gasteiger partial charge in [0.15, 0.2) is 0 Å². The summed E-state index contributed by atoms with van der Waals surface area (Å²) in [5, 5.41) is 13.4. The number of anilines is 1. The number of carbonyl (C=O) groups excluding carboxylic acids is 1. The molecular formula is C23H18Cl2N2O2. The van der Waals surface area contributed by atoms with Gasteiger partial charge >= 0.3 is 6.09 Å². The first kappa shape index (κ1) is 20.7. The molecule has 3 aromatic rings. The molecule has 0 fully saturated rings.